The van der Waals surface area contributed by atoms with Gasteiger partial charge in [0.2, 0.25) is 0 Å². The summed E-state index contributed by atoms with van der Waals surface area (Å²) < 4.78 is 11.1. The Hall–Kier alpha value is -4.37. The first-order chi connectivity index (χ1) is 24.4. The highest BCUT2D eigenvalue weighted by Crippen LogP contribution is 2.39. The van der Waals surface area contributed by atoms with Gasteiger partial charge in [0.1, 0.15) is 11.5 Å². The quantitative estimate of drug-likeness (QED) is 0.156. The predicted molar refractivity (Wildman–Crippen MR) is 198 cm³/mol. The van der Waals surface area contributed by atoms with E-state index in [0.717, 1.165) is 55.2 Å². The van der Waals surface area contributed by atoms with Crippen molar-refractivity contribution in [3.63, 3.8) is 0 Å². The molecule has 2 bridgehead atoms. The number of likely N-dealkylation sites (tertiary alicyclic amines) is 1. The molecule has 0 radical (unpaired) electrons. The number of fused-ring (bicyclic) bond motifs is 3. The zero-order valence-electron chi connectivity index (χ0n) is 29.3. The number of nitrogens with zero attached hydrogens (tertiary/aromatic N) is 2. The summed E-state index contributed by atoms with van der Waals surface area (Å²) in [6, 6.07) is 33.6. The molecular formula is C42H50N4O4. The van der Waals surface area contributed by atoms with E-state index in [1.807, 2.05) is 36.4 Å². The summed E-state index contributed by atoms with van der Waals surface area (Å²) in [7, 11) is 3.32. The maximum atomic E-state index is 13.4. The lowest BCUT2D eigenvalue weighted by Crippen LogP contribution is -2.47. The van der Waals surface area contributed by atoms with Gasteiger partial charge in [0.15, 0.2) is 0 Å². The van der Waals surface area contributed by atoms with Gasteiger partial charge in [-0.3, -0.25) is 14.6 Å². The lowest BCUT2D eigenvalue weighted by molar-refractivity contribution is 0.0747. The molecule has 4 aromatic rings. The summed E-state index contributed by atoms with van der Waals surface area (Å²) in [5, 5.41) is 18.1. The van der Waals surface area contributed by atoms with Crippen LogP contribution in [0.15, 0.2) is 97.1 Å². The molecule has 262 valence electrons. The van der Waals surface area contributed by atoms with Gasteiger partial charge < -0.3 is 25.2 Å². The average Bonchev–Trinajstić information content (AvgIpc) is 3.67. The number of hydrogen-bond donors (Lipinski definition) is 3. The van der Waals surface area contributed by atoms with E-state index in [4.69, 9.17) is 9.47 Å². The highest BCUT2D eigenvalue weighted by Gasteiger charge is 2.42. The molecule has 0 spiro atoms. The van der Waals surface area contributed by atoms with Gasteiger partial charge in [-0.1, -0.05) is 66.7 Å². The van der Waals surface area contributed by atoms with E-state index in [9.17, 15) is 9.90 Å². The van der Waals surface area contributed by atoms with Gasteiger partial charge >= 0.3 is 0 Å². The number of aliphatic hydroxyl groups is 1. The standard InChI is InChI=1S/C42H50N4O4/c1-49-39-18-17-33(40(22-39)50-2)27-46(37-20-30-11-6-7-12-31(30)21-37)28-38(47)23-43-42(48)32-13-8-14-36(19-32)44-41-34-15-16-35(41)26-45(25-34)24-29-9-4-3-5-10-29/h3-14,17-19,22,34-35,37-38,41,44,47H,15-16,20-21,23-28H2,1-2H3,(H,43,48)/t34?,35?,38-,41?/m1/s1. The zero-order valence-corrected chi connectivity index (χ0v) is 29.3. The van der Waals surface area contributed by atoms with Crippen LogP contribution in [0.4, 0.5) is 5.69 Å². The smallest absolute Gasteiger partial charge is 0.251 e. The molecule has 3 aliphatic rings. The topological polar surface area (TPSA) is 86.3 Å². The number of benzene rings is 4. The van der Waals surface area contributed by atoms with Crippen molar-refractivity contribution in [2.24, 2.45) is 11.8 Å². The maximum absolute atomic E-state index is 13.4. The summed E-state index contributed by atoms with van der Waals surface area (Å²) in [5.41, 5.74) is 6.69. The Morgan fingerprint density at radius 2 is 1.60 bits per heavy atom. The van der Waals surface area contributed by atoms with Crippen molar-refractivity contribution in [3.05, 3.63) is 125 Å². The number of rotatable bonds is 14. The Morgan fingerprint density at radius 1 is 0.880 bits per heavy atom. The molecular weight excluding hydrogens is 624 g/mol. The van der Waals surface area contributed by atoms with Crippen molar-refractivity contribution in [1.82, 2.24) is 15.1 Å². The molecule has 1 heterocycles. The summed E-state index contributed by atoms with van der Waals surface area (Å²) in [5.74, 6) is 2.51. The molecule has 1 saturated heterocycles. The number of nitrogens with one attached hydrogen (secondary N) is 2. The molecule has 8 nitrogen and oxygen atoms in total. The molecule has 3 atom stereocenters. The fourth-order valence-electron chi connectivity index (χ4n) is 8.45. The van der Waals surface area contributed by atoms with Crippen molar-refractivity contribution in [2.45, 2.75) is 57.0 Å². The summed E-state index contributed by atoms with van der Waals surface area (Å²) in [6.45, 7) is 4.38. The lowest BCUT2D eigenvalue weighted by atomic mass is 9.91. The Balaban J connectivity index is 0.957. The van der Waals surface area contributed by atoms with Crippen LogP contribution in [0.3, 0.4) is 0 Å². The minimum Gasteiger partial charge on any atom is -0.497 e. The molecule has 2 fully saturated rings. The van der Waals surface area contributed by atoms with Crippen molar-refractivity contribution >= 4 is 11.6 Å². The van der Waals surface area contributed by atoms with Crippen molar-refractivity contribution in [3.8, 4) is 11.5 Å². The van der Waals surface area contributed by atoms with Gasteiger partial charge in [-0.15, -0.1) is 0 Å². The highest BCUT2D eigenvalue weighted by atomic mass is 16.5. The van der Waals surface area contributed by atoms with Gasteiger partial charge in [-0.25, -0.2) is 0 Å². The van der Waals surface area contributed by atoms with Gasteiger partial charge in [0.05, 0.1) is 20.3 Å². The van der Waals surface area contributed by atoms with E-state index < -0.39 is 6.10 Å². The number of carbonyl (C=O) groups is 1. The number of carbonyl (C=O) groups excluding carboxylic acids is 1. The normalized spacial score (nSPS) is 20.8. The average molecular weight is 675 g/mol. The molecule has 50 heavy (non-hydrogen) atoms. The Kier molecular flexibility index (Phi) is 10.7. The maximum Gasteiger partial charge on any atom is 0.251 e. The van der Waals surface area contributed by atoms with Crippen molar-refractivity contribution in [1.29, 1.82) is 0 Å². The first-order valence-electron chi connectivity index (χ1n) is 18.1. The summed E-state index contributed by atoms with van der Waals surface area (Å²) in [4.78, 5) is 18.3. The number of amides is 1. The van der Waals surface area contributed by atoms with Gasteiger partial charge in [0, 0.05) is 74.2 Å². The minimum absolute atomic E-state index is 0.163. The number of anilines is 1. The first-order valence-corrected chi connectivity index (χ1v) is 18.1. The number of ether oxygens (including phenoxy) is 2. The highest BCUT2D eigenvalue weighted by molar-refractivity contribution is 5.95. The van der Waals surface area contributed by atoms with Crippen LogP contribution in [0.5, 0.6) is 11.5 Å². The summed E-state index contributed by atoms with van der Waals surface area (Å²) >= 11 is 0. The van der Waals surface area contributed by atoms with Gasteiger partial charge in [-0.2, -0.15) is 0 Å². The zero-order chi connectivity index (χ0) is 34.5. The second-order valence-electron chi connectivity index (χ2n) is 14.3. The van der Waals surface area contributed by atoms with Crippen LogP contribution in [0.2, 0.25) is 0 Å². The molecule has 1 aliphatic heterocycles. The largest absolute Gasteiger partial charge is 0.497 e. The third-order valence-corrected chi connectivity index (χ3v) is 11.0. The number of aliphatic hydroxyl groups excluding tert-OH is 1. The van der Waals surface area contributed by atoms with Crippen LogP contribution in [-0.4, -0.2) is 79.4 Å². The summed E-state index contributed by atoms with van der Waals surface area (Å²) in [6.07, 6.45) is 3.56. The molecule has 1 saturated carbocycles. The van der Waals surface area contributed by atoms with Gasteiger partial charge in [0.25, 0.3) is 5.91 Å². The fraction of sp³-hybridized carbons (Fsp3) is 0.405. The number of hydrogen-bond acceptors (Lipinski definition) is 7. The predicted octanol–water partition coefficient (Wildman–Crippen LogP) is 5.79. The van der Waals surface area contributed by atoms with Gasteiger partial charge in [-0.05, 0) is 78.5 Å². The van der Waals surface area contributed by atoms with Crippen LogP contribution >= 0.6 is 0 Å². The fourth-order valence-corrected chi connectivity index (χ4v) is 8.45. The Morgan fingerprint density at radius 3 is 2.30 bits per heavy atom. The molecule has 8 heteroatoms. The van der Waals surface area contributed by atoms with E-state index in [1.165, 1.54) is 29.5 Å². The van der Waals surface area contributed by atoms with Crippen molar-refractivity contribution < 1.29 is 19.4 Å². The molecule has 0 aromatic heterocycles. The third kappa shape index (κ3) is 7.99. The Labute approximate surface area is 296 Å². The molecule has 3 N–H and O–H groups in total. The molecule has 2 unspecified atom stereocenters. The molecule has 4 aromatic carbocycles. The molecule has 1 amide bonds. The molecule has 2 aliphatic carbocycles. The van der Waals surface area contributed by atoms with Crippen LogP contribution in [0.25, 0.3) is 0 Å². The SMILES string of the molecule is COc1ccc(CN(C[C@H](O)CNC(=O)c2cccc(NC3C4CCC3CN(Cc3ccccc3)C4)c2)C2Cc3ccccc3C2)c(OC)c1. The lowest BCUT2D eigenvalue weighted by Gasteiger charge is -2.39. The Bertz CT molecular complexity index is 1710. The van der Waals surface area contributed by atoms with E-state index in [1.54, 1.807) is 14.2 Å². The number of piperidine rings is 1. The van der Waals surface area contributed by atoms with Crippen molar-refractivity contribution in [2.75, 3.05) is 45.7 Å². The third-order valence-electron chi connectivity index (χ3n) is 11.0. The second kappa shape index (κ2) is 15.7. The van der Waals surface area contributed by atoms with E-state index in [-0.39, 0.29) is 18.5 Å². The monoisotopic (exact) mass is 674 g/mol. The minimum atomic E-state index is -0.745. The van der Waals surface area contributed by atoms with Crippen LogP contribution < -0.4 is 20.1 Å². The van der Waals surface area contributed by atoms with Crippen LogP contribution in [0, 0.1) is 11.8 Å². The first kappa shape index (κ1) is 34.1. The van der Waals surface area contributed by atoms with Crippen LogP contribution in [0.1, 0.15) is 45.5 Å². The van der Waals surface area contributed by atoms with Crippen LogP contribution in [-0.2, 0) is 25.9 Å². The van der Waals surface area contributed by atoms with E-state index in [2.05, 4.69) is 81.1 Å². The second-order valence-corrected chi connectivity index (χ2v) is 14.3. The van der Waals surface area contributed by atoms with E-state index in [0.29, 0.717) is 36.5 Å². The number of methoxy groups -OCH3 is 2. The van der Waals surface area contributed by atoms with E-state index >= 15 is 0 Å². The molecule has 7 rings (SSSR count).